The van der Waals surface area contributed by atoms with Crippen molar-refractivity contribution >= 4 is 11.8 Å². The van der Waals surface area contributed by atoms with Gasteiger partial charge in [-0.3, -0.25) is 0 Å². The number of hydrogen-bond donors (Lipinski definition) is 1. The Morgan fingerprint density at radius 2 is 1.81 bits per heavy atom. The van der Waals surface area contributed by atoms with Gasteiger partial charge in [-0.1, -0.05) is 17.7 Å². The van der Waals surface area contributed by atoms with Crippen LogP contribution in [0, 0.1) is 20.8 Å². The Hall–Kier alpha value is -1.22. The molecule has 2 aromatic rings. The number of hydrogen-bond acceptors (Lipinski definition) is 2. The van der Waals surface area contributed by atoms with Crippen LogP contribution in [0.2, 0.25) is 0 Å². The second kappa shape index (κ2) is 4.74. The minimum absolute atomic E-state index is 0.930. The summed E-state index contributed by atoms with van der Waals surface area (Å²) in [6.45, 7) is 6.17. The molecule has 0 fully saturated rings. The molecule has 0 saturated carbocycles. The smallest absolute Gasteiger partial charge is 0.103 e. The van der Waals surface area contributed by atoms with E-state index in [-0.39, 0.29) is 0 Å². The van der Waals surface area contributed by atoms with Crippen molar-refractivity contribution < 1.29 is 0 Å². The third kappa shape index (κ3) is 2.67. The highest BCUT2D eigenvalue weighted by atomic mass is 32.2. The zero-order valence-corrected chi connectivity index (χ0v) is 10.7. The van der Waals surface area contributed by atoms with Crippen molar-refractivity contribution in [3.05, 3.63) is 47.0 Å². The fourth-order valence-electron chi connectivity index (χ4n) is 1.58. The van der Waals surface area contributed by atoms with E-state index in [9.17, 15) is 0 Å². The van der Waals surface area contributed by atoms with E-state index in [4.69, 9.17) is 0 Å². The first-order valence-corrected chi connectivity index (χ1v) is 6.35. The monoisotopic (exact) mass is 232 g/mol. The molecule has 0 atom stereocenters. The van der Waals surface area contributed by atoms with Crippen LogP contribution in [0.25, 0.3) is 0 Å². The molecule has 0 radical (unpaired) electrons. The van der Waals surface area contributed by atoms with E-state index < -0.39 is 0 Å². The molecule has 0 unspecified atom stereocenters. The van der Waals surface area contributed by atoms with Gasteiger partial charge >= 0.3 is 0 Å². The fourth-order valence-corrected chi connectivity index (χ4v) is 2.50. The molecule has 84 valence electrons. The molecule has 2 rings (SSSR count). The van der Waals surface area contributed by atoms with Gasteiger partial charge in [-0.15, -0.1) is 11.8 Å². The van der Waals surface area contributed by atoms with Gasteiger partial charge < -0.3 is 4.98 Å². The van der Waals surface area contributed by atoms with Crippen molar-refractivity contribution in [3.8, 4) is 0 Å². The molecule has 1 heterocycles. The number of nitrogens with one attached hydrogen (secondary N) is 1. The highest BCUT2D eigenvalue weighted by Crippen LogP contribution is 2.23. The van der Waals surface area contributed by atoms with E-state index in [0.29, 0.717) is 0 Å². The molecule has 0 amide bonds. The molecule has 1 aromatic carbocycles. The first-order valence-electron chi connectivity index (χ1n) is 5.36. The topological polar surface area (TPSA) is 28.7 Å². The van der Waals surface area contributed by atoms with Crippen molar-refractivity contribution in [3.63, 3.8) is 0 Å². The second-order valence-electron chi connectivity index (χ2n) is 4.00. The molecule has 1 aromatic heterocycles. The molecule has 0 spiro atoms. The zero-order valence-electron chi connectivity index (χ0n) is 9.87. The average molecular weight is 232 g/mol. The quantitative estimate of drug-likeness (QED) is 0.819. The summed E-state index contributed by atoms with van der Waals surface area (Å²) in [5.74, 6) is 1.93. The molecule has 2 nitrogen and oxygen atoms in total. The SMILES string of the molecule is Cc1ccc(SCc2nc(C)[nH]c2C)cc1. The Morgan fingerprint density at radius 3 is 2.38 bits per heavy atom. The molecule has 0 bridgehead atoms. The lowest BCUT2D eigenvalue weighted by atomic mass is 10.2. The van der Waals surface area contributed by atoms with Gasteiger partial charge in [0.1, 0.15) is 5.82 Å². The van der Waals surface area contributed by atoms with Crippen molar-refractivity contribution in [2.45, 2.75) is 31.4 Å². The van der Waals surface area contributed by atoms with Gasteiger partial charge in [0.15, 0.2) is 0 Å². The van der Waals surface area contributed by atoms with Crippen LogP contribution >= 0.6 is 11.8 Å². The summed E-state index contributed by atoms with van der Waals surface area (Å²) in [7, 11) is 0. The molecule has 0 aliphatic carbocycles. The molecule has 3 heteroatoms. The minimum Gasteiger partial charge on any atom is -0.346 e. The summed E-state index contributed by atoms with van der Waals surface area (Å²) in [6.07, 6.45) is 0. The van der Waals surface area contributed by atoms with Gasteiger partial charge in [-0.2, -0.15) is 0 Å². The van der Waals surface area contributed by atoms with E-state index in [1.54, 1.807) is 0 Å². The third-order valence-electron chi connectivity index (χ3n) is 2.50. The summed E-state index contributed by atoms with van der Waals surface area (Å²) in [4.78, 5) is 8.99. The summed E-state index contributed by atoms with van der Waals surface area (Å²) in [5, 5.41) is 0. The van der Waals surface area contributed by atoms with Gasteiger partial charge in [0.25, 0.3) is 0 Å². The fraction of sp³-hybridized carbons (Fsp3) is 0.308. The predicted molar refractivity (Wildman–Crippen MR) is 68.8 cm³/mol. The molecule has 1 N–H and O–H groups in total. The number of aromatic amines is 1. The normalized spacial score (nSPS) is 10.7. The molecular weight excluding hydrogens is 216 g/mol. The lowest BCUT2D eigenvalue weighted by Crippen LogP contribution is -1.84. The Morgan fingerprint density at radius 1 is 1.12 bits per heavy atom. The number of imidazole rings is 1. The summed E-state index contributed by atoms with van der Waals surface area (Å²) >= 11 is 1.83. The first kappa shape index (κ1) is 11.3. The summed E-state index contributed by atoms with van der Waals surface area (Å²) in [6, 6.07) is 8.61. The number of thioether (sulfide) groups is 1. The number of rotatable bonds is 3. The maximum atomic E-state index is 4.47. The minimum atomic E-state index is 0.930. The maximum Gasteiger partial charge on any atom is 0.103 e. The number of aryl methyl sites for hydroxylation is 3. The highest BCUT2D eigenvalue weighted by Gasteiger charge is 2.04. The van der Waals surface area contributed by atoms with Crippen LogP contribution in [-0.4, -0.2) is 9.97 Å². The molecule has 16 heavy (non-hydrogen) atoms. The van der Waals surface area contributed by atoms with Gasteiger partial charge in [0.2, 0.25) is 0 Å². The van der Waals surface area contributed by atoms with Gasteiger partial charge in [-0.25, -0.2) is 4.98 Å². The Labute approximate surface area is 101 Å². The Balaban J connectivity index is 2.02. The first-order chi connectivity index (χ1) is 7.65. The number of aromatic nitrogens is 2. The van der Waals surface area contributed by atoms with Crippen molar-refractivity contribution in [1.29, 1.82) is 0 Å². The molecular formula is C13H16N2S. The van der Waals surface area contributed by atoms with Crippen LogP contribution in [0.5, 0.6) is 0 Å². The molecule has 0 saturated heterocycles. The predicted octanol–water partition coefficient (Wildman–Crippen LogP) is 3.63. The van der Waals surface area contributed by atoms with E-state index in [0.717, 1.165) is 17.3 Å². The van der Waals surface area contributed by atoms with Crippen LogP contribution in [0.4, 0.5) is 0 Å². The van der Waals surface area contributed by atoms with Gasteiger partial charge in [0.05, 0.1) is 5.69 Å². The zero-order chi connectivity index (χ0) is 11.5. The van der Waals surface area contributed by atoms with Crippen LogP contribution < -0.4 is 0 Å². The Kier molecular flexibility index (Phi) is 3.34. The van der Waals surface area contributed by atoms with Gasteiger partial charge in [0, 0.05) is 16.3 Å². The number of nitrogens with zero attached hydrogens (tertiary/aromatic N) is 1. The summed E-state index contributed by atoms with van der Waals surface area (Å²) < 4.78 is 0. The lowest BCUT2D eigenvalue weighted by molar-refractivity contribution is 1.12. The lowest BCUT2D eigenvalue weighted by Gasteiger charge is -2.00. The van der Waals surface area contributed by atoms with E-state index in [2.05, 4.69) is 48.1 Å². The van der Waals surface area contributed by atoms with Crippen LogP contribution in [0.3, 0.4) is 0 Å². The average Bonchev–Trinajstić information content (AvgIpc) is 2.57. The molecule has 0 aliphatic rings. The largest absolute Gasteiger partial charge is 0.346 e. The Bertz CT molecular complexity index is 471. The van der Waals surface area contributed by atoms with Crippen LogP contribution in [0.15, 0.2) is 29.2 Å². The third-order valence-corrected chi connectivity index (χ3v) is 3.52. The molecule has 0 aliphatic heterocycles. The second-order valence-corrected chi connectivity index (χ2v) is 5.04. The van der Waals surface area contributed by atoms with Crippen molar-refractivity contribution in [2.75, 3.05) is 0 Å². The summed E-state index contributed by atoms with van der Waals surface area (Å²) in [5.41, 5.74) is 3.64. The maximum absolute atomic E-state index is 4.47. The van der Waals surface area contributed by atoms with E-state index >= 15 is 0 Å². The number of H-pyrrole nitrogens is 1. The van der Waals surface area contributed by atoms with Crippen molar-refractivity contribution in [1.82, 2.24) is 9.97 Å². The van der Waals surface area contributed by atoms with Gasteiger partial charge in [-0.05, 0) is 32.9 Å². The van der Waals surface area contributed by atoms with Crippen LogP contribution in [0.1, 0.15) is 22.8 Å². The standard InChI is InChI=1S/C13H16N2S/c1-9-4-6-12(7-5-9)16-8-13-10(2)14-11(3)15-13/h4-7H,8H2,1-3H3,(H,14,15). The number of benzene rings is 1. The highest BCUT2D eigenvalue weighted by molar-refractivity contribution is 7.98. The van der Waals surface area contributed by atoms with E-state index in [1.807, 2.05) is 18.7 Å². The van der Waals surface area contributed by atoms with Crippen molar-refractivity contribution in [2.24, 2.45) is 0 Å². The van der Waals surface area contributed by atoms with Crippen LogP contribution in [-0.2, 0) is 5.75 Å². The van der Waals surface area contributed by atoms with E-state index in [1.165, 1.54) is 16.2 Å².